The van der Waals surface area contributed by atoms with Crippen LogP contribution in [0.4, 0.5) is 0 Å². The van der Waals surface area contributed by atoms with Gasteiger partial charge in [-0.3, -0.25) is 19.2 Å². The predicted molar refractivity (Wildman–Crippen MR) is 117 cm³/mol. The fourth-order valence-electron chi connectivity index (χ4n) is 3.66. The van der Waals surface area contributed by atoms with E-state index in [9.17, 15) is 19.2 Å². The summed E-state index contributed by atoms with van der Waals surface area (Å²) in [5.41, 5.74) is 0. The molecular weight excluding hydrogens is 448 g/mol. The van der Waals surface area contributed by atoms with Crippen molar-refractivity contribution in [2.45, 2.75) is 58.4 Å². The third kappa shape index (κ3) is 6.44. The topological polar surface area (TPSA) is 124 Å². The van der Waals surface area contributed by atoms with E-state index in [1.54, 1.807) is 12.1 Å². The van der Waals surface area contributed by atoms with Gasteiger partial charge in [-0.25, -0.2) is 0 Å². The summed E-state index contributed by atoms with van der Waals surface area (Å²) in [4.78, 5) is 47.0. The number of hydrogen-bond acceptors (Lipinski definition) is 10. The Morgan fingerprint density at radius 3 is 1.94 bits per heavy atom. The first-order valence-corrected chi connectivity index (χ1v) is 10.6. The van der Waals surface area contributed by atoms with E-state index in [1.807, 2.05) is 30.3 Å². The Hall–Kier alpha value is -3.66. The van der Waals surface area contributed by atoms with Crippen LogP contribution in [0.2, 0.25) is 0 Å². The van der Waals surface area contributed by atoms with Gasteiger partial charge in [0.2, 0.25) is 12.4 Å². The van der Waals surface area contributed by atoms with E-state index in [0.29, 0.717) is 5.75 Å². The van der Waals surface area contributed by atoms with E-state index in [2.05, 4.69) is 0 Å². The molecule has 1 aliphatic heterocycles. The van der Waals surface area contributed by atoms with E-state index in [-0.39, 0.29) is 6.61 Å². The highest BCUT2D eigenvalue weighted by atomic mass is 16.7. The molecule has 0 bridgehead atoms. The van der Waals surface area contributed by atoms with Crippen molar-refractivity contribution in [3.8, 4) is 5.75 Å². The van der Waals surface area contributed by atoms with E-state index < -0.39 is 54.6 Å². The van der Waals surface area contributed by atoms with Gasteiger partial charge in [0.05, 0.1) is 0 Å². The van der Waals surface area contributed by atoms with Gasteiger partial charge in [-0.1, -0.05) is 30.3 Å². The Morgan fingerprint density at radius 2 is 1.32 bits per heavy atom. The van der Waals surface area contributed by atoms with E-state index in [0.717, 1.165) is 24.6 Å². The van der Waals surface area contributed by atoms with Gasteiger partial charge in [0.1, 0.15) is 18.5 Å². The minimum absolute atomic E-state index is 0.324. The monoisotopic (exact) mass is 474 g/mol. The second-order valence-electron chi connectivity index (χ2n) is 7.69. The number of carbonyl (C=O) groups is 4. The Morgan fingerprint density at radius 1 is 0.735 bits per heavy atom. The molecule has 1 fully saturated rings. The van der Waals surface area contributed by atoms with Gasteiger partial charge in [-0.05, 0) is 22.9 Å². The van der Waals surface area contributed by atoms with Crippen molar-refractivity contribution >= 4 is 34.6 Å². The zero-order valence-corrected chi connectivity index (χ0v) is 19.2. The SMILES string of the molecule is CC(=O)OC[C@@H]1O[C@H](Oc2ccc3ccccc3c2)[C@H](OC(C)=O)[C@H](OC(C)=O)[C@H]1OC(C)=O. The van der Waals surface area contributed by atoms with Crippen molar-refractivity contribution in [3.05, 3.63) is 42.5 Å². The standard InChI is InChI=1S/C24H26O10/c1-13(25)29-12-20-21(30-14(2)26)22(31-15(3)27)23(32-16(4)28)24(34-20)33-19-10-9-17-7-5-6-8-18(17)11-19/h5-11,20-24H,12H2,1-4H3/t20-,21-,22+,23+,24-/m0/s1. The molecule has 10 heteroatoms. The lowest BCUT2D eigenvalue weighted by molar-refractivity contribution is -0.288. The van der Waals surface area contributed by atoms with Crippen LogP contribution in [0.3, 0.4) is 0 Å². The van der Waals surface area contributed by atoms with Crippen molar-refractivity contribution in [2.24, 2.45) is 0 Å². The zero-order valence-electron chi connectivity index (χ0n) is 19.2. The number of rotatable bonds is 7. The largest absolute Gasteiger partial charge is 0.463 e. The molecule has 10 nitrogen and oxygen atoms in total. The van der Waals surface area contributed by atoms with Crippen molar-refractivity contribution in [1.82, 2.24) is 0 Å². The number of carbonyl (C=O) groups excluding carboxylic acids is 4. The maximum Gasteiger partial charge on any atom is 0.303 e. The molecule has 182 valence electrons. The van der Waals surface area contributed by atoms with Crippen LogP contribution >= 0.6 is 0 Å². The van der Waals surface area contributed by atoms with Crippen molar-refractivity contribution in [2.75, 3.05) is 6.61 Å². The fourth-order valence-corrected chi connectivity index (χ4v) is 3.66. The molecule has 0 radical (unpaired) electrons. The van der Waals surface area contributed by atoms with Crippen LogP contribution in [0.25, 0.3) is 10.8 Å². The molecule has 0 unspecified atom stereocenters. The van der Waals surface area contributed by atoms with Gasteiger partial charge >= 0.3 is 23.9 Å². The lowest BCUT2D eigenvalue weighted by atomic mass is 9.98. The quantitative estimate of drug-likeness (QED) is 0.436. The summed E-state index contributed by atoms with van der Waals surface area (Å²) in [6.45, 7) is 4.37. The molecule has 0 aromatic heterocycles. The van der Waals surface area contributed by atoms with Crippen molar-refractivity contribution < 1.29 is 47.6 Å². The van der Waals surface area contributed by atoms with Gasteiger partial charge in [-0.15, -0.1) is 0 Å². The van der Waals surface area contributed by atoms with Crippen LogP contribution < -0.4 is 4.74 Å². The molecule has 1 saturated heterocycles. The summed E-state index contributed by atoms with van der Waals surface area (Å²) in [7, 11) is 0. The van der Waals surface area contributed by atoms with Crippen LogP contribution in [0.15, 0.2) is 42.5 Å². The lowest BCUT2D eigenvalue weighted by Crippen LogP contribution is -2.63. The molecular formula is C24H26O10. The molecule has 5 atom stereocenters. The highest BCUT2D eigenvalue weighted by Gasteiger charge is 2.53. The first kappa shape index (κ1) is 25.0. The van der Waals surface area contributed by atoms with Crippen LogP contribution in [-0.4, -0.2) is 61.2 Å². The maximum atomic E-state index is 11.9. The molecule has 0 aliphatic carbocycles. The Bertz CT molecular complexity index is 1060. The molecule has 2 aromatic carbocycles. The van der Waals surface area contributed by atoms with Gasteiger partial charge in [0.15, 0.2) is 12.2 Å². The molecule has 1 heterocycles. The second kappa shape index (κ2) is 11.0. The molecule has 0 spiro atoms. The minimum atomic E-state index is -1.29. The third-order valence-corrected chi connectivity index (χ3v) is 4.92. The molecule has 0 saturated carbocycles. The normalized spacial score (nSPS) is 24.1. The zero-order chi connectivity index (χ0) is 24.8. The van der Waals surface area contributed by atoms with E-state index in [4.69, 9.17) is 28.4 Å². The smallest absolute Gasteiger partial charge is 0.303 e. The second-order valence-corrected chi connectivity index (χ2v) is 7.69. The number of benzene rings is 2. The Labute approximate surface area is 196 Å². The molecule has 2 aromatic rings. The summed E-state index contributed by atoms with van der Waals surface area (Å²) in [6, 6.07) is 12.9. The van der Waals surface area contributed by atoms with Crippen LogP contribution in [-0.2, 0) is 42.9 Å². The third-order valence-electron chi connectivity index (χ3n) is 4.92. The molecule has 34 heavy (non-hydrogen) atoms. The van der Waals surface area contributed by atoms with Gasteiger partial charge < -0.3 is 28.4 Å². The summed E-state index contributed by atoms with van der Waals surface area (Å²) in [5.74, 6) is -2.31. The predicted octanol–water partition coefficient (Wildman–Crippen LogP) is 2.30. The minimum Gasteiger partial charge on any atom is -0.463 e. The molecule has 1 aliphatic rings. The van der Waals surface area contributed by atoms with Crippen molar-refractivity contribution in [1.29, 1.82) is 0 Å². The number of esters is 4. The fraction of sp³-hybridized carbons (Fsp3) is 0.417. The number of fused-ring (bicyclic) bond motifs is 1. The first-order chi connectivity index (χ1) is 16.1. The van der Waals surface area contributed by atoms with Crippen LogP contribution in [0.5, 0.6) is 5.75 Å². The maximum absolute atomic E-state index is 11.9. The molecule has 3 rings (SSSR count). The summed E-state index contributed by atoms with van der Waals surface area (Å²) in [5, 5.41) is 1.88. The molecule has 0 amide bonds. The van der Waals surface area contributed by atoms with Crippen LogP contribution in [0.1, 0.15) is 27.7 Å². The number of hydrogen-bond donors (Lipinski definition) is 0. The highest BCUT2D eigenvalue weighted by Crippen LogP contribution is 2.31. The van der Waals surface area contributed by atoms with E-state index >= 15 is 0 Å². The van der Waals surface area contributed by atoms with Gasteiger partial charge in [0, 0.05) is 27.7 Å². The average molecular weight is 474 g/mol. The van der Waals surface area contributed by atoms with Gasteiger partial charge in [-0.2, -0.15) is 0 Å². The summed E-state index contributed by atoms with van der Waals surface area (Å²) < 4.78 is 33.1. The van der Waals surface area contributed by atoms with E-state index in [1.165, 1.54) is 13.8 Å². The van der Waals surface area contributed by atoms with Crippen molar-refractivity contribution in [3.63, 3.8) is 0 Å². The molecule has 0 N–H and O–H groups in total. The lowest BCUT2D eigenvalue weighted by Gasteiger charge is -2.43. The Balaban J connectivity index is 1.98. The van der Waals surface area contributed by atoms with Crippen LogP contribution in [0, 0.1) is 0 Å². The summed E-state index contributed by atoms with van der Waals surface area (Å²) >= 11 is 0. The summed E-state index contributed by atoms with van der Waals surface area (Å²) in [6.07, 6.45) is -6.16. The number of ether oxygens (including phenoxy) is 6. The highest BCUT2D eigenvalue weighted by molar-refractivity contribution is 5.83. The van der Waals surface area contributed by atoms with Gasteiger partial charge in [0.25, 0.3) is 0 Å². The Kier molecular flexibility index (Phi) is 8.06. The average Bonchev–Trinajstić information content (AvgIpc) is 2.75. The first-order valence-electron chi connectivity index (χ1n) is 10.6.